The summed E-state index contributed by atoms with van der Waals surface area (Å²) in [6, 6.07) is -0.952. The van der Waals surface area contributed by atoms with Crippen LogP contribution in [-0.2, 0) is 67.1 Å². The van der Waals surface area contributed by atoms with Crippen molar-refractivity contribution in [3.63, 3.8) is 0 Å². The lowest BCUT2D eigenvalue weighted by Crippen LogP contribution is -2.50. The summed E-state index contributed by atoms with van der Waals surface area (Å²) in [6.45, 7) is 0.543. The summed E-state index contributed by atoms with van der Waals surface area (Å²) in [6.07, 6.45) is 0.760. The third kappa shape index (κ3) is 24.8. The van der Waals surface area contributed by atoms with Crippen molar-refractivity contribution in [2.45, 2.75) is 52.5 Å². The Morgan fingerprint density at radius 1 is 0.352 bits per heavy atom. The predicted molar refractivity (Wildman–Crippen MR) is 254 cm³/mol. The van der Waals surface area contributed by atoms with Gasteiger partial charge < -0.3 is 65.4 Å². The molecule has 0 radical (unpaired) electrons. The number of carbonyl (C=O) groups excluding carboxylic acids is 14. The molecule has 0 aromatic rings. The molecule has 0 saturated carbocycles. The van der Waals surface area contributed by atoms with Gasteiger partial charge >= 0.3 is 0 Å². The molecule has 0 saturated heterocycles. The van der Waals surface area contributed by atoms with Gasteiger partial charge in [-0.25, -0.2) is 0 Å². The average Bonchev–Trinajstić information content (AvgIpc) is 3.27. The fourth-order valence-corrected chi connectivity index (χ4v) is 5.67. The van der Waals surface area contributed by atoms with Gasteiger partial charge in [-0.3, -0.25) is 67.1 Å². The molecule has 0 aromatic heterocycles. The first kappa shape index (κ1) is 63.8. The zero-order valence-corrected chi connectivity index (χ0v) is 43.5. The summed E-state index contributed by atoms with van der Waals surface area (Å²) in [5, 5.41) is 4.94. The van der Waals surface area contributed by atoms with Crippen molar-refractivity contribution in [3.8, 4) is 0 Å². The first-order valence-corrected chi connectivity index (χ1v) is 22.6. The summed E-state index contributed by atoms with van der Waals surface area (Å²) >= 11 is 0. The van der Waals surface area contributed by atoms with E-state index in [4.69, 9.17) is 5.73 Å². The number of Topliss-reactive ketones (excluding diaryl/α,β-unsaturated/α-hetero) is 1. The second-order valence-corrected chi connectivity index (χ2v) is 17.8. The summed E-state index contributed by atoms with van der Waals surface area (Å²) in [4.78, 5) is 186. The maximum absolute atomic E-state index is 13.0. The van der Waals surface area contributed by atoms with Gasteiger partial charge in [-0.1, -0.05) is 13.8 Å². The van der Waals surface area contributed by atoms with Gasteiger partial charge in [0.15, 0.2) is 0 Å². The maximum atomic E-state index is 13.0. The number of amides is 13. The van der Waals surface area contributed by atoms with E-state index < -0.39 is 136 Å². The molecule has 0 fully saturated rings. The van der Waals surface area contributed by atoms with E-state index in [2.05, 4.69) is 10.6 Å². The van der Waals surface area contributed by atoms with E-state index in [1.165, 1.54) is 77.4 Å². The number of nitrogens with two attached hydrogens (primary N) is 1. The van der Waals surface area contributed by atoms with Gasteiger partial charge in [-0.05, 0) is 13.3 Å². The van der Waals surface area contributed by atoms with Crippen LogP contribution in [0.15, 0.2) is 0 Å². The van der Waals surface area contributed by atoms with Crippen molar-refractivity contribution in [1.29, 1.82) is 0 Å². The van der Waals surface area contributed by atoms with Gasteiger partial charge in [0.1, 0.15) is 11.8 Å². The fourth-order valence-electron chi connectivity index (χ4n) is 5.67. The first-order valence-electron chi connectivity index (χ1n) is 22.6. The highest BCUT2D eigenvalue weighted by molar-refractivity contribution is 5.94. The maximum Gasteiger partial charge on any atom is 0.242 e. The summed E-state index contributed by atoms with van der Waals surface area (Å²) < 4.78 is 0. The lowest BCUT2D eigenvalue weighted by atomic mass is 10.0. The van der Waals surface area contributed by atoms with Gasteiger partial charge in [0, 0.05) is 102 Å². The van der Waals surface area contributed by atoms with Crippen molar-refractivity contribution in [1.82, 2.24) is 59.6 Å². The molecule has 0 aliphatic heterocycles. The van der Waals surface area contributed by atoms with E-state index in [9.17, 15) is 67.1 Å². The van der Waals surface area contributed by atoms with Gasteiger partial charge in [0.25, 0.3) is 0 Å². The Hall–Kier alpha value is -7.22. The number of hydrogen-bond acceptors (Lipinski definition) is 14. The van der Waals surface area contributed by atoms with Crippen molar-refractivity contribution in [2.75, 3.05) is 142 Å². The Bertz CT molecular complexity index is 1980. The molecule has 1 unspecified atom stereocenters. The molecule has 0 aliphatic carbocycles. The largest absolute Gasteiger partial charge is 0.368 e. The van der Waals surface area contributed by atoms with Gasteiger partial charge in [-0.2, -0.15) is 0 Å². The van der Waals surface area contributed by atoms with E-state index in [1.807, 2.05) is 0 Å². The molecule has 4 N–H and O–H groups in total. The van der Waals surface area contributed by atoms with Crippen molar-refractivity contribution < 1.29 is 67.1 Å². The van der Waals surface area contributed by atoms with Crippen LogP contribution in [0.1, 0.15) is 46.5 Å². The molecule has 1 atom stereocenters. The zero-order valence-electron chi connectivity index (χ0n) is 43.5. The minimum absolute atomic E-state index is 0.0388. The fraction of sp³-hybridized carbons (Fsp3) is 0.682. The Morgan fingerprint density at radius 3 is 0.859 bits per heavy atom. The number of nitrogens with one attached hydrogen (secondary N) is 2. The van der Waals surface area contributed by atoms with Crippen molar-refractivity contribution in [3.05, 3.63) is 0 Å². The molecule has 71 heavy (non-hydrogen) atoms. The Morgan fingerprint density at radius 2 is 0.606 bits per heavy atom. The van der Waals surface area contributed by atoms with Crippen LogP contribution in [0.3, 0.4) is 0 Å². The third-order valence-electron chi connectivity index (χ3n) is 10.9. The molecule has 0 bridgehead atoms. The van der Waals surface area contributed by atoms with E-state index in [1.54, 1.807) is 13.8 Å². The van der Waals surface area contributed by atoms with Crippen LogP contribution < -0.4 is 16.4 Å². The van der Waals surface area contributed by atoms with E-state index in [-0.39, 0.29) is 43.5 Å². The summed E-state index contributed by atoms with van der Waals surface area (Å²) in [5.74, 6) is -7.81. The highest BCUT2D eigenvalue weighted by atomic mass is 16.2. The lowest BCUT2D eigenvalue weighted by molar-refractivity contribution is -0.146. The minimum Gasteiger partial charge on any atom is -0.368 e. The number of rotatable bonds is 30. The first-order chi connectivity index (χ1) is 32.8. The molecule has 27 nitrogen and oxygen atoms in total. The lowest BCUT2D eigenvalue weighted by Gasteiger charge is -2.27. The normalized spacial score (nSPS) is 11.0. The number of ketones is 1. The second kappa shape index (κ2) is 31.1. The zero-order chi connectivity index (χ0) is 55.0. The van der Waals surface area contributed by atoms with E-state index in [0.717, 1.165) is 49.0 Å². The van der Waals surface area contributed by atoms with Gasteiger partial charge in [-0.15, -0.1) is 0 Å². The molecule has 27 heteroatoms. The van der Waals surface area contributed by atoms with Crippen LogP contribution in [0.5, 0.6) is 0 Å². The Labute approximate surface area is 415 Å². The topological polar surface area (TPSA) is 321 Å². The molecule has 0 heterocycles. The highest BCUT2D eigenvalue weighted by Crippen LogP contribution is 2.05. The molecule has 0 aliphatic rings. The van der Waals surface area contributed by atoms with Crippen molar-refractivity contribution in [2.24, 2.45) is 11.7 Å². The smallest absolute Gasteiger partial charge is 0.242 e. The molecule has 13 amide bonds. The Kier molecular flexibility index (Phi) is 27.9. The summed E-state index contributed by atoms with van der Waals surface area (Å²) in [7, 11) is 13.3. The molecule has 400 valence electrons. The van der Waals surface area contributed by atoms with E-state index >= 15 is 0 Å². The molecular weight excluding hydrogens is 935 g/mol. The van der Waals surface area contributed by atoms with Crippen LogP contribution in [0, 0.1) is 5.92 Å². The van der Waals surface area contributed by atoms with Crippen LogP contribution in [0.25, 0.3) is 0 Å². The van der Waals surface area contributed by atoms with E-state index in [0.29, 0.717) is 12.8 Å². The van der Waals surface area contributed by atoms with Crippen LogP contribution in [0.4, 0.5) is 0 Å². The SMILES string of the molecule is CC(C)C(=O)CCCC(=O)NCCC(=O)N(C)CC(=O)N(C)CC(=O)N(C)CC(=O)N(C)CC(=O)N(C)CC(=O)N(C)CC(=O)N(C)CC(=O)N(C)CC(=O)N(C)CC(=O)N(C)CC(=O)NC(C)C(N)=O. The average molecular weight is 1010 g/mol. The molecule has 0 aromatic carbocycles. The number of nitrogens with zero attached hydrogens (tertiary/aromatic N) is 10. The Balaban J connectivity index is 4.84. The minimum atomic E-state index is -0.952. The number of carbonyl (C=O) groups is 14. The second-order valence-electron chi connectivity index (χ2n) is 17.8. The standard InChI is InChI=1S/C44H75N13O14/c1-29(2)31(58)15-14-16-32(59)46-18-17-34(61)49(5)20-36(63)51(7)22-38(65)53(9)24-40(67)55(11)26-42(69)57(13)28-43(70)56(12)27-41(68)54(10)25-39(66)52(8)23-37(64)50(6)21-35(62)48(4)19-33(60)47-30(3)44(45)71/h29-30H,14-28H2,1-13H3,(H2,45,71)(H,46,59)(H,47,60). The molecular formula is C44H75N13O14. The molecule has 0 spiro atoms. The number of likely N-dealkylation sites (N-methyl/N-ethyl adjacent to an activating group) is 10. The van der Waals surface area contributed by atoms with Crippen LogP contribution in [0.2, 0.25) is 0 Å². The quantitative estimate of drug-likeness (QED) is 0.0605. The van der Waals surface area contributed by atoms with Crippen LogP contribution >= 0.6 is 0 Å². The van der Waals surface area contributed by atoms with Gasteiger partial charge in [0.05, 0.1) is 65.4 Å². The monoisotopic (exact) mass is 1010 g/mol. The number of hydrogen-bond donors (Lipinski definition) is 3. The number of primary amides is 1. The van der Waals surface area contributed by atoms with Gasteiger partial charge in [0.2, 0.25) is 76.8 Å². The third-order valence-corrected chi connectivity index (χ3v) is 10.9. The predicted octanol–water partition coefficient (Wildman–Crippen LogP) is -5.54. The summed E-state index contributed by atoms with van der Waals surface area (Å²) in [5.41, 5.74) is 5.12. The van der Waals surface area contributed by atoms with Crippen molar-refractivity contribution >= 4 is 82.6 Å². The highest BCUT2D eigenvalue weighted by Gasteiger charge is 2.27. The molecule has 0 rings (SSSR count). The van der Waals surface area contributed by atoms with Crippen LogP contribution in [-0.4, -0.2) is 280 Å².